The Morgan fingerprint density at radius 1 is 1.19 bits per heavy atom. The van der Waals surface area contributed by atoms with Gasteiger partial charge in [-0.1, -0.05) is 12.5 Å². The molecule has 4 rings (SSSR count). The zero-order valence-corrected chi connectivity index (χ0v) is 15.2. The Kier molecular flexibility index (Phi) is 5.29. The lowest BCUT2D eigenvalue weighted by Gasteiger charge is -2.34. The third kappa shape index (κ3) is 4.25. The van der Waals surface area contributed by atoms with E-state index < -0.39 is 0 Å². The summed E-state index contributed by atoms with van der Waals surface area (Å²) >= 11 is 0. The smallest absolute Gasteiger partial charge is 0.319 e. The monoisotopic (exact) mass is 364 g/mol. The van der Waals surface area contributed by atoms with Gasteiger partial charge in [0.2, 0.25) is 0 Å². The average molecular weight is 364 g/mol. The summed E-state index contributed by atoms with van der Waals surface area (Å²) < 4.78 is 0. The van der Waals surface area contributed by atoms with Crippen molar-refractivity contribution < 1.29 is 4.79 Å². The van der Waals surface area contributed by atoms with Crippen molar-refractivity contribution in [1.82, 2.24) is 25.4 Å². The van der Waals surface area contributed by atoms with Gasteiger partial charge in [-0.3, -0.25) is 15.0 Å². The largest absolute Gasteiger partial charge is 0.336 e. The summed E-state index contributed by atoms with van der Waals surface area (Å²) in [5.74, 6) is 0. The van der Waals surface area contributed by atoms with Crippen molar-refractivity contribution in [2.24, 2.45) is 0 Å². The van der Waals surface area contributed by atoms with Crippen LogP contribution in [0.4, 0.5) is 10.5 Å². The third-order valence-corrected chi connectivity index (χ3v) is 5.05. The van der Waals surface area contributed by atoms with Gasteiger partial charge in [0, 0.05) is 30.0 Å². The molecule has 2 amide bonds. The molecule has 0 spiro atoms. The summed E-state index contributed by atoms with van der Waals surface area (Å²) in [6.07, 6.45) is 9.10. The third-order valence-electron chi connectivity index (χ3n) is 5.05. The van der Waals surface area contributed by atoms with Crippen LogP contribution in [0.2, 0.25) is 0 Å². The van der Waals surface area contributed by atoms with Crippen LogP contribution in [0.3, 0.4) is 0 Å². The van der Waals surface area contributed by atoms with Crippen LogP contribution in [-0.4, -0.2) is 45.7 Å². The Balaban J connectivity index is 1.41. The topological polar surface area (TPSA) is 85.9 Å². The molecule has 3 aromatic rings. The number of amides is 2. The molecule has 1 atom stereocenters. The summed E-state index contributed by atoms with van der Waals surface area (Å²) in [7, 11) is 0. The first-order valence-corrected chi connectivity index (χ1v) is 9.41. The number of piperidine rings is 1. The number of likely N-dealkylation sites (tertiary alicyclic amines) is 1. The lowest BCUT2D eigenvalue weighted by molar-refractivity contribution is 0.161. The minimum atomic E-state index is -0.205. The Morgan fingerprint density at radius 2 is 2.07 bits per heavy atom. The number of urea groups is 1. The molecule has 140 valence electrons. The lowest BCUT2D eigenvalue weighted by Crippen LogP contribution is -2.41. The second-order valence-electron chi connectivity index (χ2n) is 6.91. The molecular formula is C20H24N6O. The summed E-state index contributed by atoms with van der Waals surface area (Å²) in [4.78, 5) is 19.1. The van der Waals surface area contributed by atoms with Crippen molar-refractivity contribution in [1.29, 1.82) is 0 Å². The first-order valence-electron chi connectivity index (χ1n) is 9.41. The fraction of sp³-hybridized carbons (Fsp3) is 0.350. The predicted octanol–water partition coefficient (Wildman–Crippen LogP) is 3.31. The maximum Gasteiger partial charge on any atom is 0.319 e. The predicted molar refractivity (Wildman–Crippen MR) is 106 cm³/mol. The normalized spacial score (nSPS) is 16.1. The van der Waals surface area contributed by atoms with E-state index in [1.54, 1.807) is 12.4 Å². The zero-order valence-electron chi connectivity index (χ0n) is 15.2. The molecule has 2 aromatic heterocycles. The minimum Gasteiger partial charge on any atom is -0.336 e. The number of anilines is 1. The Morgan fingerprint density at radius 3 is 2.89 bits per heavy atom. The summed E-state index contributed by atoms with van der Waals surface area (Å²) in [5, 5.41) is 13.8. The van der Waals surface area contributed by atoms with Gasteiger partial charge in [0.1, 0.15) is 0 Å². The summed E-state index contributed by atoms with van der Waals surface area (Å²) in [6, 6.07) is 9.64. The molecule has 0 bridgehead atoms. The molecule has 1 unspecified atom stereocenters. The molecule has 1 fully saturated rings. The standard InChI is InChI=1S/C20H24N6O/c27-20(24-17-6-7-18-16(11-17)13-23-25-18)22-14-19(15-5-4-8-21-12-15)26-9-2-1-3-10-26/h4-8,11-13,19H,1-3,9-10,14H2,(H,23,25)(H2,22,24,27). The molecule has 1 aliphatic rings. The van der Waals surface area contributed by atoms with Gasteiger partial charge in [0.25, 0.3) is 0 Å². The Bertz CT molecular complexity index is 888. The fourth-order valence-electron chi connectivity index (χ4n) is 3.65. The molecular weight excluding hydrogens is 340 g/mol. The number of carbonyl (C=O) groups excluding carboxylic acids is 1. The second-order valence-corrected chi connectivity index (χ2v) is 6.91. The number of hydrogen-bond donors (Lipinski definition) is 3. The van der Waals surface area contributed by atoms with Gasteiger partial charge in [-0.05, 0) is 55.8 Å². The van der Waals surface area contributed by atoms with Crippen molar-refractivity contribution in [2.75, 3.05) is 25.0 Å². The fourth-order valence-corrected chi connectivity index (χ4v) is 3.65. The zero-order chi connectivity index (χ0) is 18.5. The number of fused-ring (bicyclic) bond motifs is 1. The maximum atomic E-state index is 12.4. The van der Waals surface area contributed by atoms with Crippen LogP contribution in [0, 0.1) is 0 Å². The number of benzene rings is 1. The number of H-pyrrole nitrogens is 1. The van der Waals surface area contributed by atoms with Gasteiger partial charge in [-0.2, -0.15) is 5.10 Å². The van der Waals surface area contributed by atoms with E-state index in [4.69, 9.17) is 0 Å². The number of aromatic amines is 1. The van der Waals surface area contributed by atoms with Crippen LogP contribution >= 0.6 is 0 Å². The number of carbonyl (C=O) groups is 1. The van der Waals surface area contributed by atoms with E-state index in [1.165, 1.54) is 19.3 Å². The van der Waals surface area contributed by atoms with Gasteiger partial charge in [0.05, 0.1) is 17.8 Å². The molecule has 7 heteroatoms. The minimum absolute atomic E-state index is 0.140. The van der Waals surface area contributed by atoms with Gasteiger partial charge in [-0.25, -0.2) is 4.79 Å². The average Bonchev–Trinajstić information content (AvgIpc) is 3.18. The van der Waals surface area contributed by atoms with Gasteiger partial charge in [-0.15, -0.1) is 0 Å². The van der Waals surface area contributed by atoms with E-state index >= 15 is 0 Å². The van der Waals surface area contributed by atoms with Crippen molar-refractivity contribution in [2.45, 2.75) is 25.3 Å². The second kappa shape index (κ2) is 8.18. The highest BCUT2D eigenvalue weighted by atomic mass is 16.2. The van der Waals surface area contributed by atoms with E-state index in [-0.39, 0.29) is 12.1 Å². The van der Waals surface area contributed by atoms with E-state index in [0.717, 1.165) is 35.2 Å². The number of nitrogens with zero attached hydrogens (tertiary/aromatic N) is 3. The first-order chi connectivity index (χ1) is 13.3. The van der Waals surface area contributed by atoms with Crippen LogP contribution in [0.25, 0.3) is 10.9 Å². The highest BCUT2D eigenvalue weighted by Crippen LogP contribution is 2.23. The molecule has 0 radical (unpaired) electrons. The number of rotatable bonds is 5. The molecule has 0 saturated carbocycles. The molecule has 0 aliphatic carbocycles. The van der Waals surface area contributed by atoms with Crippen molar-refractivity contribution in [3.63, 3.8) is 0 Å². The summed E-state index contributed by atoms with van der Waals surface area (Å²) in [5.41, 5.74) is 2.83. The Labute approximate surface area is 158 Å². The van der Waals surface area contributed by atoms with Crippen molar-refractivity contribution in [3.8, 4) is 0 Å². The molecule has 3 heterocycles. The van der Waals surface area contributed by atoms with Gasteiger partial charge in [0.15, 0.2) is 0 Å². The molecule has 1 saturated heterocycles. The molecule has 1 aromatic carbocycles. The van der Waals surface area contributed by atoms with Crippen molar-refractivity contribution in [3.05, 3.63) is 54.5 Å². The van der Waals surface area contributed by atoms with E-state index in [2.05, 4.69) is 36.8 Å². The van der Waals surface area contributed by atoms with Gasteiger partial charge < -0.3 is 10.6 Å². The van der Waals surface area contributed by atoms with Crippen LogP contribution in [0.15, 0.2) is 48.9 Å². The Hall–Kier alpha value is -2.93. The highest BCUT2D eigenvalue weighted by molar-refractivity contribution is 5.92. The van der Waals surface area contributed by atoms with Crippen molar-refractivity contribution >= 4 is 22.6 Å². The van der Waals surface area contributed by atoms with Crippen LogP contribution in [0.5, 0.6) is 0 Å². The van der Waals surface area contributed by atoms with E-state index in [0.29, 0.717) is 6.54 Å². The molecule has 7 nitrogen and oxygen atoms in total. The SMILES string of the molecule is O=C(NCC(c1cccnc1)N1CCCCC1)Nc1ccc2[nH]ncc2c1. The number of hydrogen-bond acceptors (Lipinski definition) is 4. The van der Waals surface area contributed by atoms with E-state index in [9.17, 15) is 4.79 Å². The number of nitrogens with one attached hydrogen (secondary N) is 3. The van der Waals surface area contributed by atoms with Crippen LogP contribution in [-0.2, 0) is 0 Å². The molecule has 27 heavy (non-hydrogen) atoms. The lowest BCUT2D eigenvalue weighted by atomic mass is 10.0. The number of pyridine rings is 1. The van der Waals surface area contributed by atoms with Crippen LogP contribution < -0.4 is 10.6 Å². The maximum absolute atomic E-state index is 12.4. The van der Waals surface area contributed by atoms with Gasteiger partial charge >= 0.3 is 6.03 Å². The highest BCUT2D eigenvalue weighted by Gasteiger charge is 2.23. The summed E-state index contributed by atoms with van der Waals surface area (Å²) in [6.45, 7) is 2.66. The first kappa shape index (κ1) is 17.5. The van der Waals surface area contributed by atoms with E-state index in [1.807, 2.05) is 30.5 Å². The quantitative estimate of drug-likeness (QED) is 0.648. The molecule has 3 N–H and O–H groups in total. The number of aromatic nitrogens is 3. The molecule has 1 aliphatic heterocycles. The van der Waals surface area contributed by atoms with Crippen LogP contribution in [0.1, 0.15) is 30.9 Å².